The minimum Gasteiger partial charge on any atom is -0.332 e. The van der Waals surface area contributed by atoms with Gasteiger partial charge in [0.15, 0.2) is 0 Å². The van der Waals surface area contributed by atoms with Crippen molar-refractivity contribution in [1.29, 1.82) is 0 Å². The van der Waals surface area contributed by atoms with Gasteiger partial charge in [-0.15, -0.1) is 0 Å². The molecule has 6 heteroatoms. The predicted molar refractivity (Wildman–Crippen MR) is 75.4 cm³/mol. The number of aromatic nitrogens is 4. The Morgan fingerprint density at radius 3 is 2.95 bits per heavy atom. The van der Waals surface area contributed by atoms with Crippen molar-refractivity contribution in [3.05, 3.63) is 30.1 Å². The van der Waals surface area contributed by atoms with Crippen molar-refractivity contribution in [3.8, 4) is 0 Å². The van der Waals surface area contributed by atoms with Gasteiger partial charge in [-0.3, -0.25) is 9.48 Å². The van der Waals surface area contributed by atoms with Crippen LogP contribution in [0.3, 0.4) is 0 Å². The minimum atomic E-state index is 0.0313. The summed E-state index contributed by atoms with van der Waals surface area (Å²) < 4.78 is 3.91. The second-order valence-electron chi connectivity index (χ2n) is 5.41. The van der Waals surface area contributed by atoms with Gasteiger partial charge in [-0.25, -0.2) is 4.98 Å². The van der Waals surface area contributed by atoms with E-state index in [9.17, 15) is 4.79 Å². The van der Waals surface area contributed by atoms with Crippen LogP contribution in [0.1, 0.15) is 17.9 Å². The van der Waals surface area contributed by atoms with Gasteiger partial charge in [0, 0.05) is 51.1 Å². The average Bonchev–Trinajstić information content (AvgIpc) is 3.04. The number of amides is 1. The van der Waals surface area contributed by atoms with Crippen LogP contribution in [0.5, 0.6) is 0 Å². The average molecular weight is 273 g/mol. The topological polar surface area (TPSA) is 56.0 Å². The Morgan fingerprint density at radius 1 is 1.45 bits per heavy atom. The van der Waals surface area contributed by atoms with Gasteiger partial charge in [-0.1, -0.05) is 0 Å². The molecule has 1 unspecified atom stereocenters. The number of nitrogens with zero attached hydrogens (tertiary/aromatic N) is 5. The Bertz CT molecular complexity index is 642. The molecule has 0 saturated carbocycles. The van der Waals surface area contributed by atoms with E-state index in [-0.39, 0.29) is 11.8 Å². The molecule has 2 aromatic heterocycles. The van der Waals surface area contributed by atoms with Crippen LogP contribution in [0.4, 0.5) is 5.69 Å². The number of aryl methyl sites for hydroxylation is 2. The molecule has 6 nitrogen and oxygen atoms in total. The molecule has 3 rings (SSSR count). The van der Waals surface area contributed by atoms with E-state index in [0.717, 1.165) is 36.6 Å². The van der Waals surface area contributed by atoms with Crippen LogP contribution >= 0.6 is 0 Å². The molecule has 2 aromatic rings. The van der Waals surface area contributed by atoms with Crippen molar-refractivity contribution in [2.45, 2.75) is 26.3 Å². The van der Waals surface area contributed by atoms with Gasteiger partial charge in [0.1, 0.15) is 5.82 Å². The smallest absolute Gasteiger partial charge is 0.230 e. The zero-order chi connectivity index (χ0) is 14.3. The molecule has 1 aliphatic rings. The van der Waals surface area contributed by atoms with Crippen LogP contribution in [0.15, 0.2) is 18.6 Å². The summed E-state index contributed by atoms with van der Waals surface area (Å²) in [7, 11) is 3.67. The van der Waals surface area contributed by atoms with Crippen LogP contribution in [0, 0.1) is 12.8 Å². The first-order valence-corrected chi connectivity index (χ1v) is 6.83. The third kappa shape index (κ3) is 2.11. The van der Waals surface area contributed by atoms with Gasteiger partial charge in [0.25, 0.3) is 0 Å². The van der Waals surface area contributed by atoms with Crippen LogP contribution < -0.4 is 4.90 Å². The molecule has 1 amide bonds. The molecule has 1 atom stereocenters. The van der Waals surface area contributed by atoms with Gasteiger partial charge in [-0.05, 0) is 13.3 Å². The predicted octanol–water partition coefficient (Wildman–Crippen LogP) is 1.15. The van der Waals surface area contributed by atoms with Crippen molar-refractivity contribution in [3.63, 3.8) is 0 Å². The summed E-state index contributed by atoms with van der Waals surface area (Å²) in [6.45, 7) is 2.88. The number of carbonyl (C=O) groups is 1. The maximum Gasteiger partial charge on any atom is 0.230 e. The van der Waals surface area contributed by atoms with Crippen LogP contribution in [0.2, 0.25) is 0 Å². The third-order valence-electron chi connectivity index (χ3n) is 4.05. The highest BCUT2D eigenvalue weighted by atomic mass is 16.2. The Labute approximate surface area is 118 Å². The molecule has 0 aromatic carbocycles. The number of anilines is 1. The fourth-order valence-corrected chi connectivity index (χ4v) is 2.82. The monoisotopic (exact) mass is 273 g/mol. The molecule has 0 fully saturated rings. The number of fused-ring (bicyclic) bond motifs is 1. The van der Waals surface area contributed by atoms with E-state index < -0.39 is 0 Å². The molecule has 0 saturated heterocycles. The normalized spacial score (nSPS) is 17.9. The second-order valence-corrected chi connectivity index (χ2v) is 5.41. The number of imidazole rings is 1. The van der Waals surface area contributed by atoms with Gasteiger partial charge in [0.05, 0.1) is 11.9 Å². The minimum absolute atomic E-state index is 0.0313. The van der Waals surface area contributed by atoms with Gasteiger partial charge < -0.3 is 9.47 Å². The molecule has 0 N–H and O–H groups in total. The molecule has 3 heterocycles. The van der Waals surface area contributed by atoms with E-state index in [1.54, 1.807) is 15.8 Å². The lowest BCUT2D eigenvalue weighted by atomic mass is 9.94. The summed E-state index contributed by atoms with van der Waals surface area (Å²) in [5.74, 6) is 1.22. The fourth-order valence-electron chi connectivity index (χ4n) is 2.82. The summed E-state index contributed by atoms with van der Waals surface area (Å²) >= 11 is 0. The van der Waals surface area contributed by atoms with Crippen molar-refractivity contribution in [2.24, 2.45) is 13.0 Å². The van der Waals surface area contributed by atoms with Crippen molar-refractivity contribution in [2.75, 3.05) is 11.9 Å². The van der Waals surface area contributed by atoms with E-state index in [1.165, 1.54) is 0 Å². The highest BCUT2D eigenvalue weighted by molar-refractivity contribution is 5.94. The quantitative estimate of drug-likeness (QED) is 0.825. The van der Waals surface area contributed by atoms with Crippen LogP contribution in [0.25, 0.3) is 0 Å². The summed E-state index contributed by atoms with van der Waals surface area (Å²) in [6.07, 6.45) is 7.10. The largest absolute Gasteiger partial charge is 0.332 e. The molecular weight excluding hydrogens is 254 g/mol. The number of rotatable bonds is 2. The van der Waals surface area contributed by atoms with E-state index in [1.807, 2.05) is 33.4 Å². The highest BCUT2D eigenvalue weighted by Gasteiger charge is 2.28. The Hall–Kier alpha value is -2.11. The third-order valence-corrected chi connectivity index (χ3v) is 4.05. The van der Waals surface area contributed by atoms with E-state index in [4.69, 9.17) is 0 Å². The zero-order valence-corrected chi connectivity index (χ0v) is 12.1. The number of carbonyl (C=O) groups excluding carboxylic acids is 1. The maximum atomic E-state index is 12.6. The first kappa shape index (κ1) is 12.9. The zero-order valence-electron chi connectivity index (χ0n) is 12.1. The van der Waals surface area contributed by atoms with Crippen molar-refractivity contribution < 1.29 is 4.79 Å². The number of hydrogen-bond acceptors (Lipinski definition) is 3. The molecule has 106 valence electrons. The summed E-state index contributed by atoms with van der Waals surface area (Å²) in [6, 6.07) is 0. The van der Waals surface area contributed by atoms with Gasteiger partial charge in [0.2, 0.25) is 5.91 Å². The first-order valence-electron chi connectivity index (χ1n) is 6.83. The Kier molecular flexibility index (Phi) is 3.08. The van der Waals surface area contributed by atoms with Crippen molar-refractivity contribution in [1.82, 2.24) is 19.3 Å². The van der Waals surface area contributed by atoms with E-state index in [0.29, 0.717) is 0 Å². The standard InChI is InChI=1S/C14H19N5O/c1-10-15-7-12-6-11(4-5-19(10)12)14(20)18(3)13-8-16-17(2)9-13/h7-9,11H,4-6H2,1-3H3. The Balaban J connectivity index is 1.76. The van der Waals surface area contributed by atoms with Crippen LogP contribution in [-0.2, 0) is 24.8 Å². The first-order chi connectivity index (χ1) is 9.56. The lowest BCUT2D eigenvalue weighted by Crippen LogP contribution is -2.36. The lowest BCUT2D eigenvalue weighted by Gasteiger charge is -2.27. The van der Waals surface area contributed by atoms with Crippen molar-refractivity contribution >= 4 is 11.6 Å². The van der Waals surface area contributed by atoms with E-state index >= 15 is 0 Å². The summed E-state index contributed by atoms with van der Waals surface area (Å²) in [4.78, 5) is 18.6. The second kappa shape index (κ2) is 4.77. The SMILES string of the molecule is Cc1ncc2n1CCC(C(=O)N(C)c1cnn(C)c1)C2. The summed E-state index contributed by atoms with van der Waals surface area (Å²) in [5, 5.41) is 4.11. The van der Waals surface area contributed by atoms with Crippen LogP contribution in [-0.4, -0.2) is 32.3 Å². The number of hydrogen-bond donors (Lipinski definition) is 0. The lowest BCUT2D eigenvalue weighted by molar-refractivity contribution is -0.122. The Morgan fingerprint density at radius 2 is 2.25 bits per heavy atom. The maximum absolute atomic E-state index is 12.6. The molecule has 0 radical (unpaired) electrons. The van der Waals surface area contributed by atoms with Gasteiger partial charge in [-0.2, -0.15) is 5.10 Å². The van der Waals surface area contributed by atoms with Gasteiger partial charge >= 0.3 is 0 Å². The molecule has 0 bridgehead atoms. The fraction of sp³-hybridized carbons (Fsp3) is 0.500. The molecule has 1 aliphatic heterocycles. The van der Waals surface area contributed by atoms with E-state index in [2.05, 4.69) is 14.6 Å². The highest BCUT2D eigenvalue weighted by Crippen LogP contribution is 2.24. The molecule has 0 aliphatic carbocycles. The molecular formula is C14H19N5O. The molecule has 20 heavy (non-hydrogen) atoms. The molecule has 0 spiro atoms. The summed E-state index contributed by atoms with van der Waals surface area (Å²) in [5.41, 5.74) is 2.00.